The summed E-state index contributed by atoms with van der Waals surface area (Å²) in [7, 11) is 0. The van der Waals surface area contributed by atoms with Crippen LogP contribution in [-0.2, 0) is 0 Å². The Balaban J connectivity index is 3.04. The summed E-state index contributed by atoms with van der Waals surface area (Å²) in [5.74, 6) is 0. The van der Waals surface area contributed by atoms with Crippen LogP contribution in [0, 0.1) is 20.2 Å². The van der Waals surface area contributed by atoms with Crippen LogP contribution in [0.15, 0.2) is 34.9 Å². The van der Waals surface area contributed by atoms with Crippen LogP contribution >= 0.6 is 0 Å². The molecule has 0 aliphatic rings. The van der Waals surface area contributed by atoms with Gasteiger partial charge in [-0.3, -0.25) is 25.7 Å². The first kappa shape index (κ1) is 14.3. The number of allylic oxidation sites excluding steroid dienone is 2. The first-order chi connectivity index (χ1) is 8.95. The molecule has 0 spiro atoms. The average molecular weight is 264 g/mol. The maximum Gasteiger partial charge on any atom is 0.301 e. The molecule has 0 aromatic heterocycles. The number of hydrazone groups is 1. The minimum Gasteiger partial charge on any atom is -0.272 e. The third-order valence-electron chi connectivity index (χ3n) is 2.30. The van der Waals surface area contributed by atoms with E-state index in [1.54, 1.807) is 0 Å². The Kier molecular flexibility index (Phi) is 4.69. The average Bonchev–Trinajstić information content (AvgIpc) is 2.38. The number of nitrogens with one attached hydrogen (secondary N) is 1. The van der Waals surface area contributed by atoms with Gasteiger partial charge in [0.2, 0.25) is 0 Å². The minimum absolute atomic E-state index is 0.0933. The lowest BCUT2D eigenvalue weighted by Gasteiger charge is -2.01. The first-order valence-corrected chi connectivity index (χ1v) is 5.30. The number of hydrogen-bond donors (Lipinski definition) is 1. The molecule has 1 rings (SSSR count). The Morgan fingerprint density at radius 1 is 1.32 bits per heavy atom. The standard InChI is InChI=1S/C11H12N4O4/c1-3-8(2)7-12-13-10-5-4-9(14(16)17)6-11(10)15(18)19/h3-7,13H,1-2H3/b8-3+,12-7+. The van der Waals surface area contributed by atoms with Crippen molar-refractivity contribution in [2.45, 2.75) is 13.8 Å². The lowest BCUT2D eigenvalue weighted by atomic mass is 10.2. The van der Waals surface area contributed by atoms with Crippen LogP contribution in [0.3, 0.4) is 0 Å². The molecule has 0 bridgehead atoms. The highest BCUT2D eigenvalue weighted by Crippen LogP contribution is 2.28. The van der Waals surface area contributed by atoms with Crippen molar-refractivity contribution in [1.29, 1.82) is 0 Å². The van der Waals surface area contributed by atoms with Crippen LogP contribution in [-0.4, -0.2) is 16.1 Å². The Labute approximate surface area is 108 Å². The van der Waals surface area contributed by atoms with Gasteiger partial charge in [0.25, 0.3) is 5.69 Å². The van der Waals surface area contributed by atoms with Gasteiger partial charge in [-0.1, -0.05) is 6.08 Å². The van der Waals surface area contributed by atoms with E-state index in [4.69, 9.17) is 0 Å². The van der Waals surface area contributed by atoms with Gasteiger partial charge in [-0.25, -0.2) is 0 Å². The number of benzene rings is 1. The third kappa shape index (κ3) is 3.87. The van der Waals surface area contributed by atoms with Crippen molar-refractivity contribution in [3.05, 3.63) is 50.1 Å². The second-order valence-electron chi connectivity index (χ2n) is 3.62. The lowest BCUT2D eigenvalue weighted by molar-refractivity contribution is -0.393. The number of anilines is 1. The Morgan fingerprint density at radius 3 is 2.53 bits per heavy atom. The fourth-order valence-corrected chi connectivity index (χ4v) is 1.16. The zero-order valence-corrected chi connectivity index (χ0v) is 10.4. The van der Waals surface area contributed by atoms with Gasteiger partial charge < -0.3 is 0 Å². The van der Waals surface area contributed by atoms with E-state index in [0.29, 0.717) is 0 Å². The largest absolute Gasteiger partial charge is 0.301 e. The highest BCUT2D eigenvalue weighted by atomic mass is 16.6. The highest BCUT2D eigenvalue weighted by molar-refractivity contribution is 5.78. The van der Waals surface area contributed by atoms with Gasteiger partial charge >= 0.3 is 5.69 Å². The summed E-state index contributed by atoms with van der Waals surface area (Å²) < 4.78 is 0. The molecule has 0 saturated heterocycles. The molecule has 8 nitrogen and oxygen atoms in total. The van der Waals surface area contributed by atoms with Crippen LogP contribution in [0.5, 0.6) is 0 Å². The van der Waals surface area contributed by atoms with E-state index in [9.17, 15) is 20.2 Å². The smallest absolute Gasteiger partial charge is 0.272 e. The zero-order valence-electron chi connectivity index (χ0n) is 10.4. The fraction of sp³-hybridized carbons (Fsp3) is 0.182. The Morgan fingerprint density at radius 2 is 2.00 bits per heavy atom. The molecule has 0 aliphatic heterocycles. The number of nitro benzene ring substituents is 2. The normalized spacial score (nSPS) is 11.6. The third-order valence-corrected chi connectivity index (χ3v) is 2.30. The summed E-state index contributed by atoms with van der Waals surface area (Å²) in [4.78, 5) is 20.0. The molecule has 0 amide bonds. The van der Waals surface area contributed by atoms with Crippen molar-refractivity contribution < 1.29 is 9.85 Å². The van der Waals surface area contributed by atoms with Gasteiger partial charge in [-0.2, -0.15) is 5.10 Å². The molecule has 0 atom stereocenters. The number of nitrogens with zero attached hydrogens (tertiary/aromatic N) is 3. The lowest BCUT2D eigenvalue weighted by Crippen LogP contribution is -1.98. The molecule has 1 N–H and O–H groups in total. The molecule has 8 heteroatoms. The molecule has 1 aromatic carbocycles. The van der Waals surface area contributed by atoms with E-state index in [2.05, 4.69) is 10.5 Å². The van der Waals surface area contributed by atoms with Gasteiger partial charge in [0.15, 0.2) is 0 Å². The highest BCUT2D eigenvalue weighted by Gasteiger charge is 2.18. The summed E-state index contributed by atoms with van der Waals surface area (Å²) >= 11 is 0. The number of non-ortho nitro benzene ring substituents is 1. The molecule has 0 radical (unpaired) electrons. The number of hydrogen-bond acceptors (Lipinski definition) is 6. The zero-order chi connectivity index (χ0) is 14.4. The molecule has 19 heavy (non-hydrogen) atoms. The van der Waals surface area contributed by atoms with Crippen LogP contribution in [0.25, 0.3) is 0 Å². The second-order valence-corrected chi connectivity index (χ2v) is 3.62. The van der Waals surface area contributed by atoms with Crippen molar-refractivity contribution in [1.82, 2.24) is 0 Å². The molecule has 0 unspecified atom stereocenters. The van der Waals surface area contributed by atoms with Crippen molar-refractivity contribution in [3.63, 3.8) is 0 Å². The predicted octanol–water partition coefficient (Wildman–Crippen LogP) is 2.87. The van der Waals surface area contributed by atoms with E-state index in [1.165, 1.54) is 18.3 Å². The molecule has 0 heterocycles. The molecule has 0 saturated carbocycles. The van der Waals surface area contributed by atoms with E-state index in [0.717, 1.165) is 11.6 Å². The van der Waals surface area contributed by atoms with Crippen LogP contribution in [0.4, 0.5) is 17.1 Å². The maximum absolute atomic E-state index is 10.8. The van der Waals surface area contributed by atoms with Gasteiger partial charge in [-0.15, -0.1) is 0 Å². The Bertz CT molecular complexity index is 566. The van der Waals surface area contributed by atoms with E-state index >= 15 is 0 Å². The molecular formula is C11H12N4O4. The molecule has 1 aromatic rings. The van der Waals surface area contributed by atoms with Crippen molar-refractivity contribution in [2.24, 2.45) is 5.10 Å². The van der Waals surface area contributed by atoms with Gasteiger partial charge in [-0.05, 0) is 25.5 Å². The van der Waals surface area contributed by atoms with Crippen molar-refractivity contribution >= 4 is 23.3 Å². The molecule has 100 valence electrons. The van der Waals surface area contributed by atoms with Crippen LogP contribution < -0.4 is 5.43 Å². The summed E-state index contributed by atoms with van der Waals surface area (Å²) in [6.07, 6.45) is 3.31. The van der Waals surface area contributed by atoms with E-state index in [1.807, 2.05) is 19.9 Å². The number of rotatable bonds is 5. The fourth-order valence-electron chi connectivity index (χ4n) is 1.16. The summed E-state index contributed by atoms with van der Waals surface area (Å²) in [5, 5.41) is 25.2. The SMILES string of the molecule is C/C=C(C)/C=N/Nc1ccc([N+](=O)[O-])cc1[N+](=O)[O-]. The van der Waals surface area contributed by atoms with E-state index < -0.39 is 15.5 Å². The van der Waals surface area contributed by atoms with Gasteiger partial charge in [0.05, 0.1) is 15.9 Å². The molecular weight excluding hydrogens is 252 g/mol. The van der Waals surface area contributed by atoms with Crippen molar-refractivity contribution in [2.75, 3.05) is 5.43 Å². The molecule has 0 fully saturated rings. The molecule has 0 aliphatic carbocycles. The number of nitro groups is 2. The summed E-state index contributed by atoms with van der Waals surface area (Å²) in [6.45, 7) is 3.64. The summed E-state index contributed by atoms with van der Waals surface area (Å²) in [5.41, 5.74) is 2.72. The van der Waals surface area contributed by atoms with Gasteiger partial charge in [0, 0.05) is 12.3 Å². The first-order valence-electron chi connectivity index (χ1n) is 5.30. The minimum atomic E-state index is -0.701. The monoisotopic (exact) mass is 264 g/mol. The quantitative estimate of drug-likeness (QED) is 0.499. The second kappa shape index (κ2) is 6.24. The predicted molar refractivity (Wildman–Crippen MR) is 71.3 cm³/mol. The van der Waals surface area contributed by atoms with Gasteiger partial charge in [0.1, 0.15) is 5.69 Å². The van der Waals surface area contributed by atoms with Crippen LogP contribution in [0.2, 0.25) is 0 Å². The van der Waals surface area contributed by atoms with Crippen LogP contribution in [0.1, 0.15) is 13.8 Å². The summed E-state index contributed by atoms with van der Waals surface area (Å²) in [6, 6.07) is 3.31. The Hall–Kier alpha value is -2.77. The maximum atomic E-state index is 10.8. The van der Waals surface area contributed by atoms with Crippen molar-refractivity contribution in [3.8, 4) is 0 Å². The van der Waals surface area contributed by atoms with E-state index in [-0.39, 0.29) is 11.4 Å². The topological polar surface area (TPSA) is 111 Å².